The van der Waals surface area contributed by atoms with Gasteiger partial charge in [0.05, 0.1) is 27.7 Å². The van der Waals surface area contributed by atoms with E-state index in [0.29, 0.717) is 0 Å². The summed E-state index contributed by atoms with van der Waals surface area (Å²) in [5.74, 6) is 0. The Morgan fingerprint density at radius 2 is 1.67 bits per heavy atom. The minimum absolute atomic E-state index is 0. The van der Waals surface area contributed by atoms with Crippen LogP contribution in [0, 0.1) is 0 Å². The summed E-state index contributed by atoms with van der Waals surface area (Å²) in [6, 6.07) is 0. The number of quaternary nitrogens is 1. The van der Waals surface area contributed by atoms with E-state index in [1.54, 1.807) is 0 Å². The monoisotopic (exact) mass is 193 g/mol. The van der Waals surface area contributed by atoms with Gasteiger partial charge in [0, 0.05) is 0 Å². The van der Waals surface area contributed by atoms with Gasteiger partial charge in [0.25, 0.3) is 0 Å². The largest absolute Gasteiger partial charge is 1.00 e. The van der Waals surface area contributed by atoms with Gasteiger partial charge >= 0.3 is 0 Å². The molecule has 0 saturated carbocycles. The number of nitrogens with zero attached hydrogens (tertiary/aromatic N) is 1. The van der Waals surface area contributed by atoms with Crippen LogP contribution in [-0.4, -0.2) is 32.2 Å². The van der Waals surface area contributed by atoms with Crippen LogP contribution in [0.3, 0.4) is 0 Å². The maximum Gasteiger partial charge on any atom is 0.0991 e. The second-order valence-corrected chi connectivity index (χ2v) is 3.41. The molecule has 0 aliphatic carbocycles. The molecule has 1 nitrogen and oxygen atoms in total. The lowest BCUT2D eigenvalue weighted by Crippen LogP contribution is -3.00. The van der Waals surface area contributed by atoms with Gasteiger partial charge in [0.15, 0.2) is 0 Å². The van der Waals surface area contributed by atoms with E-state index in [-0.39, 0.29) is 17.0 Å². The zero-order valence-electron chi connectivity index (χ0n) is 6.74. The summed E-state index contributed by atoms with van der Waals surface area (Å²) in [6.07, 6.45) is 0. The Hall–Kier alpha value is 0.180. The van der Waals surface area contributed by atoms with Crippen molar-refractivity contribution >= 4 is 0 Å². The lowest BCUT2D eigenvalue weighted by molar-refractivity contribution is -0.865. The predicted molar refractivity (Wildman–Crippen MR) is 37.7 cm³/mol. The van der Waals surface area contributed by atoms with Crippen molar-refractivity contribution in [3.8, 4) is 0 Å². The fraction of sp³-hybridized carbons (Fsp3) is 0.714. The highest BCUT2D eigenvalue weighted by Crippen LogP contribution is 1.95. The number of hydrogen-bond donors (Lipinski definition) is 0. The Morgan fingerprint density at radius 1 is 1.33 bits per heavy atom. The second-order valence-electron chi connectivity index (χ2n) is 3.41. The summed E-state index contributed by atoms with van der Waals surface area (Å²) >= 11 is 0. The Morgan fingerprint density at radius 3 is 1.67 bits per heavy atom. The van der Waals surface area contributed by atoms with Gasteiger partial charge in [-0.1, -0.05) is 6.58 Å². The average molecular weight is 194 g/mol. The van der Waals surface area contributed by atoms with Gasteiger partial charge in [0.1, 0.15) is 0 Å². The first-order chi connectivity index (χ1) is 3.42. The van der Waals surface area contributed by atoms with Gasteiger partial charge in [-0.05, 0) is 12.5 Å². The molecule has 0 aromatic carbocycles. The first-order valence-electron chi connectivity index (χ1n) is 2.86. The SMILES string of the molecule is C=C(C)C[N+](C)(C)C.[Br-]. The van der Waals surface area contributed by atoms with Crippen molar-refractivity contribution in [2.24, 2.45) is 0 Å². The number of rotatable bonds is 2. The van der Waals surface area contributed by atoms with Crippen LogP contribution in [0.4, 0.5) is 0 Å². The molecule has 0 amide bonds. The van der Waals surface area contributed by atoms with E-state index in [1.807, 2.05) is 0 Å². The van der Waals surface area contributed by atoms with Crippen LogP contribution in [0.2, 0.25) is 0 Å². The van der Waals surface area contributed by atoms with Gasteiger partial charge in [-0.2, -0.15) is 0 Å². The van der Waals surface area contributed by atoms with E-state index in [9.17, 15) is 0 Å². The highest BCUT2D eigenvalue weighted by molar-refractivity contribution is 4.87. The van der Waals surface area contributed by atoms with Gasteiger partial charge in [-0.3, -0.25) is 0 Å². The second kappa shape index (κ2) is 4.07. The molecular weight excluding hydrogens is 178 g/mol. The minimum Gasteiger partial charge on any atom is -1.00 e. The summed E-state index contributed by atoms with van der Waals surface area (Å²) in [5.41, 5.74) is 1.25. The van der Waals surface area contributed by atoms with E-state index in [0.717, 1.165) is 11.0 Å². The fourth-order valence-corrected chi connectivity index (χ4v) is 0.810. The molecule has 0 rings (SSSR count). The van der Waals surface area contributed by atoms with Crippen molar-refractivity contribution in [2.45, 2.75) is 6.92 Å². The van der Waals surface area contributed by atoms with Crippen molar-refractivity contribution in [2.75, 3.05) is 27.7 Å². The Labute approximate surface area is 68.7 Å². The van der Waals surface area contributed by atoms with E-state index >= 15 is 0 Å². The third-order valence-corrected chi connectivity index (χ3v) is 0.744. The maximum absolute atomic E-state index is 3.82. The van der Waals surface area contributed by atoms with Crippen LogP contribution in [0.25, 0.3) is 0 Å². The van der Waals surface area contributed by atoms with Gasteiger partial charge in [0.2, 0.25) is 0 Å². The molecule has 0 atom stereocenters. The molecule has 9 heavy (non-hydrogen) atoms. The van der Waals surface area contributed by atoms with E-state index < -0.39 is 0 Å². The molecular formula is C7H16BrN. The highest BCUT2D eigenvalue weighted by atomic mass is 79.9. The Balaban J connectivity index is 0. The van der Waals surface area contributed by atoms with E-state index in [4.69, 9.17) is 0 Å². The van der Waals surface area contributed by atoms with E-state index in [2.05, 4.69) is 34.6 Å². The summed E-state index contributed by atoms with van der Waals surface area (Å²) in [7, 11) is 6.48. The molecule has 2 heteroatoms. The lowest BCUT2D eigenvalue weighted by Gasteiger charge is -2.23. The smallest absolute Gasteiger partial charge is 0.0991 e. The van der Waals surface area contributed by atoms with Crippen molar-refractivity contribution < 1.29 is 21.5 Å². The number of halogens is 1. The van der Waals surface area contributed by atoms with Crippen LogP contribution in [-0.2, 0) is 0 Å². The van der Waals surface area contributed by atoms with E-state index in [1.165, 1.54) is 5.57 Å². The molecule has 0 fully saturated rings. The zero-order chi connectivity index (χ0) is 6.78. The average Bonchev–Trinajstić information content (AvgIpc) is 1.21. The molecule has 0 N–H and O–H groups in total. The molecule has 0 heterocycles. The van der Waals surface area contributed by atoms with Crippen molar-refractivity contribution in [3.63, 3.8) is 0 Å². The maximum atomic E-state index is 3.82. The van der Waals surface area contributed by atoms with Crippen LogP contribution in [0.1, 0.15) is 6.92 Å². The Kier molecular flexibility index (Phi) is 5.39. The van der Waals surface area contributed by atoms with Crippen LogP contribution >= 0.6 is 0 Å². The van der Waals surface area contributed by atoms with Crippen molar-refractivity contribution in [1.82, 2.24) is 0 Å². The summed E-state index contributed by atoms with van der Waals surface area (Å²) < 4.78 is 0.981. The third kappa shape index (κ3) is 11.6. The quantitative estimate of drug-likeness (QED) is 0.362. The van der Waals surface area contributed by atoms with Crippen LogP contribution in [0.5, 0.6) is 0 Å². The van der Waals surface area contributed by atoms with Crippen LogP contribution in [0.15, 0.2) is 12.2 Å². The highest BCUT2D eigenvalue weighted by Gasteiger charge is 2.04. The molecule has 0 spiro atoms. The van der Waals surface area contributed by atoms with Gasteiger partial charge < -0.3 is 21.5 Å². The molecule has 0 aliphatic rings. The summed E-state index contributed by atoms with van der Waals surface area (Å²) in [6.45, 7) is 6.95. The zero-order valence-corrected chi connectivity index (χ0v) is 8.33. The Bertz CT molecular complexity index is 91.6. The molecule has 0 bridgehead atoms. The molecule has 0 aromatic heterocycles. The lowest BCUT2D eigenvalue weighted by atomic mass is 10.3. The molecule has 0 aromatic rings. The van der Waals surface area contributed by atoms with Gasteiger partial charge in [-0.15, -0.1) is 0 Å². The molecule has 0 saturated heterocycles. The first kappa shape index (κ1) is 11.9. The normalized spacial score (nSPS) is 10.2. The topological polar surface area (TPSA) is 0 Å². The summed E-state index contributed by atoms with van der Waals surface area (Å²) in [4.78, 5) is 0. The van der Waals surface area contributed by atoms with Gasteiger partial charge in [-0.25, -0.2) is 0 Å². The third-order valence-electron chi connectivity index (χ3n) is 0.744. The van der Waals surface area contributed by atoms with Crippen molar-refractivity contribution in [1.29, 1.82) is 0 Å². The fourth-order valence-electron chi connectivity index (χ4n) is 0.810. The minimum atomic E-state index is 0. The molecule has 0 unspecified atom stereocenters. The molecule has 0 aliphatic heterocycles. The first-order valence-corrected chi connectivity index (χ1v) is 2.86. The number of likely N-dealkylation sites (N-methyl/N-ethyl adjacent to an activating group) is 1. The standard InChI is InChI=1S/C7H16N.BrH/c1-7(2)6-8(3,4)5;/h1,6H2,2-5H3;1H/q+1;/p-1. The predicted octanol–water partition coefficient (Wildman–Crippen LogP) is -1.73. The van der Waals surface area contributed by atoms with Crippen molar-refractivity contribution in [3.05, 3.63) is 12.2 Å². The number of hydrogen-bond acceptors (Lipinski definition) is 0. The van der Waals surface area contributed by atoms with Crippen LogP contribution < -0.4 is 17.0 Å². The molecule has 56 valence electrons. The summed E-state index contributed by atoms with van der Waals surface area (Å²) in [5, 5.41) is 0. The molecule has 0 radical (unpaired) electrons.